The van der Waals surface area contributed by atoms with E-state index in [0.717, 1.165) is 30.7 Å². The average Bonchev–Trinajstić information content (AvgIpc) is 3.26. The highest BCUT2D eigenvalue weighted by Gasteiger charge is 2.32. The summed E-state index contributed by atoms with van der Waals surface area (Å²) in [6, 6.07) is 17.7. The molecule has 1 aliphatic rings. The van der Waals surface area contributed by atoms with Crippen LogP contribution in [0.4, 0.5) is 11.4 Å². The lowest BCUT2D eigenvalue weighted by molar-refractivity contribution is -0.384. The number of non-ortho nitro benzene ring substituents is 1. The number of nitrogens with zero attached hydrogens (tertiary/aromatic N) is 2. The Morgan fingerprint density at radius 2 is 2.00 bits per heavy atom. The third kappa shape index (κ3) is 4.97. The van der Waals surface area contributed by atoms with Gasteiger partial charge in [-0.05, 0) is 56.3 Å². The fourth-order valence-corrected chi connectivity index (χ4v) is 5.79. The van der Waals surface area contributed by atoms with Crippen LogP contribution in [-0.2, 0) is 4.74 Å². The molecule has 0 unspecified atom stereocenters. The molecule has 1 aromatic heterocycles. The summed E-state index contributed by atoms with van der Waals surface area (Å²) in [5, 5.41) is 14.1. The number of carbonyl (C=O) groups excluding carboxylic acids is 1. The number of Topliss-reactive ketones (excluding diaryl/α,β-unsaturated/α-hetero) is 1. The summed E-state index contributed by atoms with van der Waals surface area (Å²) >= 11 is 2.97. The van der Waals surface area contributed by atoms with Crippen molar-refractivity contribution in [1.82, 2.24) is 4.98 Å². The van der Waals surface area contributed by atoms with Crippen molar-refractivity contribution in [2.75, 3.05) is 11.9 Å². The van der Waals surface area contributed by atoms with E-state index >= 15 is 0 Å². The summed E-state index contributed by atoms with van der Waals surface area (Å²) in [6.45, 7) is 4.19. The highest BCUT2D eigenvalue weighted by molar-refractivity contribution is 8.01. The Bertz CT molecular complexity index is 1500. The van der Waals surface area contributed by atoms with Gasteiger partial charge in [0.25, 0.3) is 5.69 Å². The van der Waals surface area contributed by atoms with Crippen molar-refractivity contribution < 1.29 is 19.2 Å². The van der Waals surface area contributed by atoms with Gasteiger partial charge >= 0.3 is 0 Å². The van der Waals surface area contributed by atoms with Crippen molar-refractivity contribution in [1.29, 1.82) is 0 Å². The number of thiazole rings is 1. The van der Waals surface area contributed by atoms with E-state index in [1.165, 1.54) is 35.2 Å². The largest absolute Gasteiger partial charge is 0.460 e. The number of hydrogen-bond donors (Lipinski definition) is 1. The van der Waals surface area contributed by atoms with Gasteiger partial charge in [0, 0.05) is 35.5 Å². The van der Waals surface area contributed by atoms with Crippen LogP contribution >= 0.6 is 23.1 Å². The molecule has 4 aromatic rings. The van der Waals surface area contributed by atoms with Gasteiger partial charge in [0.05, 0.1) is 26.3 Å². The monoisotopic (exact) mass is 519 g/mol. The van der Waals surface area contributed by atoms with Crippen LogP contribution in [0, 0.1) is 17.0 Å². The van der Waals surface area contributed by atoms with E-state index in [2.05, 4.69) is 10.3 Å². The van der Waals surface area contributed by atoms with Crippen molar-refractivity contribution in [2.45, 2.75) is 29.4 Å². The lowest BCUT2D eigenvalue weighted by atomic mass is 9.98. The van der Waals surface area contributed by atoms with Gasteiger partial charge in [-0.15, -0.1) is 11.3 Å². The Kier molecular flexibility index (Phi) is 6.73. The number of aryl methyl sites for hydroxylation is 1. The Hall–Kier alpha value is -3.73. The molecule has 0 saturated carbocycles. The molecule has 0 spiro atoms. The maximum Gasteiger partial charge on any atom is 0.269 e. The number of rotatable bonds is 7. The van der Waals surface area contributed by atoms with Gasteiger partial charge < -0.3 is 14.8 Å². The SMILES string of the molecule is CCO[C@H]1Oc2ccc(C)cc2C(=O)/C1=C\Nc1ccc2nc(Sc3ccc([N+](=O)[O-])cc3)sc2c1. The second kappa shape index (κ2) is 10.1. The lowest BCUT2D eigenvalue weighted by Crippen LogP contribution is -2.33. The van der Waals surface area contributed by atoms with Gasteiger partial charge in [-0.25, -0.2) is 4.98 Å². The average molecular weight is 520 g/mol. The van der Waals surface area contributed by atoms with E-state index in [4.69, 9.17) is 9.47 Å². The number of ketones is 1. The first kappa shape index (κ1) is 24.0. The zero-order valence-electron chi connectivity index (χ0n) is 19.4. The van der Waals surface area contributed by atoms with E-state index in [9.17, 15) is 14.9 Å². The molecule has 1 atom stereocenters. The van der Waals surface area contributed by atoms with Gasteiger partial charge in [-0.3, -0.25) is 14.9 Å². The predicted octanol–water partition coefficient (Wildman–Crippen LogP) is 6.60. The molecule has 10 heteroatoms. The maximum absolute atomic E-state index is 13.2. The van der Waals surface area contributed by atoms with Crippen LogP contribution in [0.15, 0.2) is 81.7 Å². The Balaban J connectivity index is 1.36. The number of carbonyl (C=O) groups is 1. The van der Waals surface area contributed by atoms with Crippen molar-refractivity contribution in [3.05, 3.63) is 93.7 Å². The zero-order valence-corrected chi connectivity index (χ0v) is 21.0. The van der Waals surface area contributed by atoms with Gasteiger partial charge in [-0.2, -0.15) is 0 Å². The molecule has 0 saturated heterocycles. The number of hydrogen-bond acceptors (Lipinski definition) is 9. The Morgan fingerprint density at radius 3 is 2.75 bits per heavy atom. The number of nitrogens with one attached hydrogen (secondary N) is 1. The van der Waals surface area contributed by atoms with Crippen LogP contribution in [0.2, 0.25) is 0 Å². The van der Waals surface area contributed by atoms with E-state index in [1.807, 2.05) is 44.2 Å². The van der Waals surface area contributed by atoms with E-state index < -0.39 is 11.2 Å². The molecular weight excluding hydrogens is 498 g/mol. The summed E-state index contributed by atoms with van der Waals surface area (Å²) in [5.41, 5.74) is 3.59. The standard InChI is InChI=1S/C26H21N3O5S2/c1-3-33-25-20(24(30)19-12-15(2)4-11-22(19)34-25)14-27-16-5-10-21-23(13-16)36-26(28-21)35-18-8-6-17(7-9-18)29(31)32/h4-14,25,27H,3H2,1-2H3/b20-14+/t25-/m0/s1. The molecule has 0 amide bonds. The molecule has 0 radical (unpaired) electrons. The minimum Gasteiger partial charge on any atom is -0.460 e. The van der Waals surface area contributed by atoms with Gasteiger partial charge in [-0.1, -0.05) is 23.4 Å². The van der Waals surface area contributed by atoms with Crippen molar-refractivity contribution in [3.8, 4) is 5.75 Å². The molecule has 0 bridgehead atoms. The van der Waals surface area contributed by atoms with Crippen molar-refractivity contribution in [3.63, 3.8) is 0 Å². The summed E-state index contributed by atoms with van der Waals surface area (Å²) in [5.74, 6) is 0.386. The highest BCUT2D eigenvalue weighted by Crippen LogP contribution is 2.36. The molecule has 8 nitrogen and oxygen atoms in total. The lowest BCUT2D eigenvalue weighted by Gasteiger charge is -2.27. The second-order valence-electron chi connectivity index (χ2n) is 7.99. The van der Waals surface area contributed by atoms with Crippen molar-refractivity contribution >= 4 is 50.5 Å². The minimum atomic E-state index is -0.790. The summed E-state index contributed by atoms with van der Waals surface area (Å²) in [6.07, 6.45) is 0.852. The zero-order chi connectivity index (χ0) is 25.2. The quantitative estimate of drug-likeness (QED) is 0.165. The molecule has 1 N–H and O–H groups in total. The number of aromatic nitrogens is 1. The van der Waals surface area contributed by atoms with E-state index in [-0.39, 0.29) is 11.5 Å². The molecule has 2 heterocycles. The number of anilines is 1. The fourth-order valence-electron chi connectivity index (χ4n) is 3.71. The highest BCUT2D eigenvalue weighted by atomic mass is 32.2. The molecule has 0 fully saturated rings. The molecular formula is C26H21N3O5S2. The molecule has 5 rings (SSSR count). The summed E-state index contributed by atoms with van der Waals surface area (Å²) < 4.78 is 13.4. The third-order valence-corrected chi connectivity index (χ3v) is 7.55. The van der Waals surface area contributed by atoms with Crippen LogP contribution in [0.25, 0.3) is 10.2 Å². The molecule has 36 heavy (non-hydrogen) atoms. The minimum absolute atomic E-state index is 0.0560. The Morgan fingerprint density at radius 1 is 1.19 bits per heavy atom. The number of nitro groups is 1. The van der Waals surface area contributed by atoms with Crippen LogP contribution in [0.3, 0.4) is 0 Å². The van der Waals surface area contributed by atoms with Gasteiger partial charge in [0.2, 0.25) is 6.29 Å². The topological polar surface area (TPSA) is 104 Å². The molecule has 3 aromatic carbocycles. The van der Waals surface area contributed by atoms with Crippen molar-refractivity contribution in [2.24, 2.45) is 0 Å². The number of nitro benzene ring substituents is 1. The maximum atomic E-state index is 13.2. The first-order chi connectivity index (χ1) is 17.4. The summed E-state index contributed by atoms with van der Waals surface area (Å²) in [4.78, 5) is 29.2. The Labute approximate surface area is 215 Å². The number of benzene rings is 3. The molecule has 0 aliphatic carbocycles. The van der Waals surface area contributed by atoms with Crippen LogP contribution in [0.5, 0.6) is 5.75 Å². The fraction of sp³-hybridized carbons (Fsp3) is 0.154. The van der Waals surface area contributed by atoms with Gasteiger partial charge in [0.15, 0.2) is 10.1 Å². The normalized spacial score (nSPS) is 16.1. The predicted molar refractivity (Wildman–Crippen MR) is 140 cm³/mol. The van der Waals surface area contributed by atoms with E-state index in [0.29, 0.717) is 23.5 Å². The third-order valence-electron chi connectivity index (χ3n) is 5.46. The van der Waals surface area contributed by atoms with Crippen LogP contribution in [0.1, 0.15) is 22.8 Å². The van der Waals surface area contributed by atoms with Crippen LogP contribution < -0.4 is 10.1 Å². The van der Waals surface area contributed by atoms with Gasteiger partial charge in [0.1, 0.15) is 5.75 Å². The second-order valence-corrected chi connectivity index (χ2v) is 10.3. The molecule has 1 aliphatic heterocycles. The first-order valence-corrected chi connectivity index (χ1v) is 12.8. The first-order valence-electron chi connectivity index (χ1n) is 11.1. The summed E-state index contributed by atoms with van der Waals surface area (Å²) in [7, 11) is 0. The molecule has 182 valence electrons. The van der Waals surface area contributed by atoms with Crippen LogP contribution in [-0.4, -0.2) is 28.6 Å². The number of fused-ring (bicyclic) bond motifs is 2. The smallest absolute Gasteiger partial charge is 0.269 e. The number of ether oxygens (including phenoxy) is 2. The van der Waals surface area contributed by atoms with E-state index in [1.54, 1.807) is 24.4 Å².